The second kappa shape index (κ2) is 9.01. The second-order valence-corrected chi connectivity index (χ2v) is 9.98. The number of cyclic esters (lactones) is 1. The van der Waals surface area contributed by atoms with Gasteiger partial charge >= 0.3 is 6.09 Å². The zero-order valence-corrected chi connectivity index (χ0v) is 19.7. The molecule has 2 atom stereocenters. The fraction of sp³-hybridized carbons (Fsp3) is 0.320. The van der Waals surface area contributed by atoms with Gasteiger partial charge in [-0.25, -0.2) is 9.18 Å². The van der Waals surface area contributed by atoms with Crippen molar-refractivity contribution in [2.45, 2.75) is 23.5 Å². The highest BCUT2D eigenvalue weighted by Crippen LogP contribution is 2.35. The number of hydrogen-bond acceptors (Lipinski definition) is 7. The van der Waals surface area contributed by atoms with Crippen LogP contribution in [0, 0.1) is 5.82 Å². The van der Waals surface area contributed by atoms with E-state index in [4.69, 9.17) is 4.74 Å². The van der Waals surface area contributed by atoms with Crippen molar-refractivity contribution < 1.29 is 18.7 Å². The molecule has 3 aromatic rings. The Morgan fingerprint density at radius 2 is 2.09 bits per heavy atom. The molecule has 10 heteroatoms. The summed E-state index contributed by atoms with van der Waals surface area (Å²) in [5, 5.41) is 7.21. The number of thioether (sulfide) groups is 1. The van der Waals surface area contributed by atoms with Gasteiger partial charge in [-0.3, -0.25) is 14.7 Å². The Labute approximate surface area is 205 Å². The first-order chi connectivity index (χ1) is 17.0. The molecule has 2 amide bonds. The van der Waals surface area contributed by atoms with Crippen LogP contribution in [-0.2, 0) is 9.53 Å². The predicted molar refractivity (Wildman–Crippen MR) is 134 cm³/mol. The average molecular weight is 494 g/mol. The minimum atomic E-state index is -0.384. The summed E-state index contributed by atoms with van der Waals surface area (Å²) in [4.78, 5) is 33.4. The van der Waals surface area contributed by atoms with Crippen molar-refractivity contribution in [2.75, 3.05) is 47.0 Å². The van der Waals surface area contributed by atoms with Crippen LogP contribution in [0.2, 0.25) is 0 Å². The molecule has 4 heterocycles. The Balaban J connectivity index is 1.07. The molecular formula is C25H24FN5O3S. The third kappa shape index (κ3) is 4.39. The predicted octanol–water partition coefficient (Wildman–Crippen LogP) is 3.61. The molecule has 0 aliphatic carbocycles. The Morgan fingerprint density at radius 3 is 3.00 bits per heavy atom. The quantitative estimate of drug-likeness (QED) is 0.562. The number of hydrogen-bond donors (Lipinski definition) is 2. The van der Waals surface area contributed by atoms with E-state index in [0.29, 0.717) is 24.5 Å². The van der Waals surface area contributed by atoms with E-state index in [1.807, 2.05) is 24.3 Å². The largest absolute Gasteiger partial charge is 0.443 e. The maximum absolute atomic E-state index is 13.8. The molecule has 0 unspecified atom stereocenters. The number of pyridine rings is 1. The van der Waals surface area contributed by atoms with Crippen LogP contribution >= 0.6 is 11.8 Å². The monoisotopic (exact) mass is 493 g/mol. The molecule has 180 valence electrons. The standard InChI is InChI=1S/C25H24FN5O3S/c26-15-1-3-20-19(9-15)22(5-7-27-20)30-8-6-16(12-30)28-11-18-13-31(25(33)34-18)17-2-4-23-21(10-17)29-24(32)14-35-23/h1-5,7,9-10,16,18,28H,6,8,11-14H2,(H,29,32)/t16-,18-/m1/s1. The highest BCUT2D eigenvalue weighted by Gasteiger charge is 2.34. The molecule has 0 saturated carbocycles. The lowest BCUT2D eigenvalue weighted by Crippen LogP contribution is -2.39. The van der Waals surface area contributed by atoms with E-state index in [9.17, 15) is 14.0 Å². The third-order valence-corrected chi connectivity index (χ3v) is 7.70. The van der Waals surface area contributed by atoms with Crippen LogP contribution in [0.3, 0.4) is 0 Å². The van der Waals surface area contributed by atoms with Gasteiger partial charge in [0.05, 0.1) is 23.5 Å². The number of carbonyl (C=O) groups excluding carboxylic acids is 2. The van der Waals surface area contributed by atoms with E-state index in [1.54, 1.807) is 17.2 Å². The summed E-state index contributed by atoms with van der Waals surface area (Å²) in [6.45, 7) is 2.62. The molecule has 0 radical (unpaired) electrons. The maximum atomic E-state index is 13.8. The first-order valence-electron chi connectivity index (χ1n) is 11.6. The van der Waals surface area contributed by atoms with Crippen molar-refractivity contribution >= 4 is 51.7 Å². The van der Waals surface area contributed by atoms with E-state index in [-0.39, 0.29) is 30.0 Å². The van der Waals surface area contributed by atoms with Crippen LogP contribution in [-0.4, -0.2) is 61.1 Å². The van der Waals surface area contributed by atoms with Crippen LogP contribution < -0.4 is 20.4 Å². The van der Waals surface area contributed by atoms with E-state index < -0.39 is 0 Å². The number of halogens is 1. The molecule has 0 spiro atoms. The van der Waals surface area contributed by atoms with Crippen LogP contribution in [0.1, 0.15) is 6.42 Å². The number of amides is 2. The minimum absolute atomic E-state index is 0.0405. The molecule has 3 aliphatic heterocycles. The van der Waals surface area contributed by atoms with Crippen LogP contribution in [0.15, 0.2) is 53.6 Å². The van der Waals surface area contributed by atoms with Gasteiger partial charge in [-0.2, -0.15) is 0 Å². The third-order valence-electron chi connectivity index (χ3n) is 6.63. The Kier molecular flexibility index (Phi) is 5.69. The van der Waals surface area contributed by atoms with E-state index >= 15 is 0 Å². The molecule has 6 rings (SSSR count). The van der Waals surface area contributed by atoms with Crippen LogP contribution in [0.4, 0.5) is 26.2 Å². The molecule has 3 aliphatic rings. The summed E-state index contributed by atoms with van der Waals surface area (Å²) in [7, 11) is 0. The van der Waals surface area contributed by atoms with Crippen molar-refractivity contribution in [3.05, 3.63) is 54.5 Å². The number of carbonyl (C=O) groups is 2. The molecule has 2 N–H and O–H groups in total. The van der Waals surface area contributed by atoms with Crippen LogP contribution in [0.25, 0.3) is 10.9 Å². The van der Waals surface area contributed by atoms with Gasteiger partial charge in [-0.1, -0.05) is 0 Å². The first-order valence-corrected chi connectivity index (χ1v) is 12.6. The fourth-order valence-corrected chi connectivity index (χ4v) is 5.69. The van der Waals surface area contributed by atoms with Gasteiger partial charge in [0.2, 0.25) is 5.91 Å². The number of aromatic nitrogens is 1. The topological polar surface area (TPSA) is 86.8 Å². The second-order valence-electron chi connectivity index (χ2n) is 8.97. The number of nitrogens with zero attached hydrogens (tertiary/aromatic N) is 3. The van der Waals surface area contributed by atoms with Gasteiger partial charge in [0.15, 0.2) is 0 Å². The number of nitrogens with one attached hydrogen (secondary N) is 2. The lowest BCUT2D eigenvalue weighted by molar-refractivity contribution is -0.113. The fourth-order valence-electron chi connectivity index (χ4n) is 4.90. The lowest BCUT2D eigenvalue weighted by atomic mass is 10.1. The van der Waals surface area contributed by atoms with Crippen molar-refractivity contribution in [3.8, 4) is 0 Å². The van der Waals surface area contributed by atoms with Gasteiger partial charge in [-0.15, -0.1) is 11.8 Å². The number of rotatable bonds is 5. The number of benzene rings is 2. The molecule has 0 bridgehead atoms. The highest BCUT2D eigenvalue weighted by molar-refractivity contribution is 8.00. The normalized spacial score (nSPS) is 21.9. The van der Waals surface area contributed by atoms with E-state index in [2.05, 4.69) is 20.5 Å². The van der Waals surface area contributed by atoms with Crippen molar-refractivity contribution in [1.82, 2.24) is 10.3 Å². The van der Waals surface area contributed by atoms with Crippen LogP contribution in [0.5, 0.6) is 0 Å². The first kappa shape index (κ1) is 22.1. The SMILES string of the molecule is O=C1CSc2ccc(N3C[C@@H](CN[C@@H]4CCN(c5ccnc6ccc(F)cc56)C4)OC3=O)cc2N1. The smallest absolute Gasteiger partial charge is 0.414 e. The molecule has 2 aromatic carbocycles. The average Bonchev–Trinajstić information content (AvgIpc) is 3.48. The number of fused-ring (bicyclic) bond motifs is 2. The summed E-state index contributed by atoms with van der Waals surface area (Å²) in [6, 6.07) is 12.5. The summed E-state index contributed by atoms with van der Waals surface area (Å²) in [6.07, 6.45) is 2.04. The van der Waals surface area contributed by atoms with Gasteiger partial charge in [0.1, 0.15) is 11.9 Å². The van der Waals surface area contributed by atoms with Gasteiger partial charge < -0.3 is 20.3 Å². The molecule has 35 heavy (non-hydrogen) atoms. The van der Waals surface area contributed by atoms with Crippen molar-refractivity contribution in [1.29, 1.82) is 0 Å². The lowest BCUT2D eigenvalue weighted by Gasteiger charge is -2.21. The van der Waals surface area contributed by atoms with Gasteiger partial charge in [-0.05, 0) is 48.9 Å². The van der Waals surface area contributed by atoms with E-state index in [1.165, 1.54) is 23.9 Å². The molecule has 2 saturated heterocycles. The Morgan fingerprint density at radius 1 is 1.17 bits per heavy atom. The zero-order chi connectivity index (χ0) is 23.9. The summed E-state index contributed by atoms with van der Waals surface area (Å²) >= 11 is 1.49. The number of anilines is 3. The van der Waals surface area contributed by atoms with Crippen molar-refractivity contribution in [2.24, 2.45) is 0 Å². The Hall–Kier alpha value is -3.37. The molecule has 8 nitrogen and oxygen atoms in total. The maximum Gasteiger partial charge on any atom is 0.414 e. The molecule has 2 fully saturated rings. The number of ether oxygens (including phenoxy) is 1. The molecular weight excluding hydrogens is 469 g/mol. The minimum Gasteiger partial charge on any atom is -0.443 e. The van der Waals surface area contributed by atoms with Gasteiger partial charge in [0.25, 0.3) is 0 Å². The Bertz CT molecular complexity index is 1320. The zero-order valence-electron chi connectivity index (χ0n) is 18.9. The van der Waals surface area contributed by atoms with E-state index in [0.717, 1.165) is 46.7 Å². The van der Waals surface area contributed by atoms with Gasteiger partial charge in [0, 0.05) is 53.5 Å². The highest BCUT2D eigenvalue weighted by atomic mass is 32.2. The summed E-state index contributed by atoms with van der Waals surface area (Å²) in [5.74, 6) is 0.0909. The van der Waals surface area contributed by atoms with Crippen molar-refractivity contribution in [3.63, 3.8) is 0 Å². The summed E-state index contributed by atoms with van der Waals surface area (Å²) in [5.41, 5.74) is 3.20. The summed E-state index contributed by atoms with van der Waals surface area (Å²) < 4.78 is 19.4. The molecule has 1 aromatic heterocycles.